The highest BCUT2D eigenvalue weighted by Gasteiger charge is 2.45. The molecular weight excluding hydrogens is 342 g/mol. The SMILES string of the molecule is COC1CN(C(=O)OCC2c3ccccc3-c3ccccc32)C(C)(CO)C1. The fourth-order valence-corrected chi connectivity index (χ4v) is 4.36. The minimum atomic E-state index is -0.650. The number of rotatable bonds is 4. The van der Waals surface area contributed by atoms with E-state index < -0.39 is 11.6 Å². The highest BCUT2D eigenvalue weighted by atomic mass is 16.6. The van der Waals surface area contributed by atoms with E-state index >= 15 is 0 Å². The maximum Gasteiger partial charge on any atom is 0.410 e. The molecule has 1 amide bonds. The molecule has 5 nitrogen and oxygen atoms in total. The Bertz CT molecular complexity index is 806. The average molecular weight is 367 g/mol. The van der Waals surface area contributed by atoms with Gasteiger partial charge in [0.05, 0.1) is 24.8 Å². The van der Waals surface area contributed by atoms with Gasteiger partial charge in [0, 0.05) is 19.4 Å². The van der Waals surface area contributed by atoms with Crippen molar-refractivity contribution in [1.82, 2.24) is 4.90 Å². The third-order valence-electron chi connectivity index (χ3n) is 5.94. The van der Waals surface area contributed by atoms with E-state index in [1.807, 2.05) is 31.2 Å². The van der Waals surface area contributed by atoms with E-state index in [2.05, 4.69) is 24.3 Å². The highest BCUT2D eigenvalue weighted by molar-refractivity contribution is 5.79. The molecule has 2 unspecified atom stereocenters. The predicted octanol–water partition coefficient (Wildman–Crippen LogP) is 3.41. The average Bonchev–Trinajstić information content (AvgIpc) is 3.22. The van der Waals surface area contributed by atoms with Gasteiger partial charge in [-0.1, -0.05) is 48.5 Å². The van der Waals surface area contributed by atoms with Gasteiger partial charge in [0.1, 0.15) is 6.61 Å². The van der Waals surface area contributed by atoms with Gasteiger partial charge in [-0.25, -0.2) is 4.79 Å². The van der Waals surface area contributed by atoms with Crippen LogP contribution in [0, 0.1) is 0 Å². The van der Waals surface area contributed by atoms with Crippen molar-refractivity contribution in [1.29, 1.82) is 0 Å². The molecule has 1 heterocycles. The number of carbonyl (C=O) groups is 1. The van der Waals surface area contributed by atoms with Crippen LogP contribution < -0.4 is 0 Å². The van der Waals surface area contributed by atoms with Gasteiger partial charge in [0.15, 0.2) is 0 Å². The van der Waals surface area contributed by atoms with Crippen molar-refractivity contribution in [3.05, 3.63) is 59.7 Å². The molecule has 142 valence electrons. The number of carbonyl (C=O) groups excluding carboxylic acids is 1. The number of hydrogen-bond acceptors (Lipinski definition) is 4. The molecule has 2 aromatic carbocycles. The lowest BCUT2D eigenvalue weighted by molar-refractivity contribution is 0.0477. The first-order valence-electron chi connectivity index (χ1n) is 9.33. The lowest BCUT2D eigenvalue weighted by Gasteiger charge is -2.32. The summed E-state index contributed by atoms with van der Waals surface area (Å²) in [5.41, 5.74) is 4.13. The van der Waals surface area contributed by atoms with Gasteiger partial charge in [-0.15, -0.1) is 0 Å². The Balaban J connectivity index is 1.53. The minimum absolute atomic E-state index is 0.0301. The Morgan fingerprint density at radius 1 is 1.15 bits per heavy atom. The van der Waals surface area contributed by atoms with Crippen molar-refractivity contribution in [3.8, 4) is 11.1 Å². The van der Waals surface area contributed by atoms with Gasteiger partial charge >= 0.3 is 6.09 Å². The van der Waals surface area contributed by atoms with Gasteiger partial charge in [0.25, 0.3) is 0 Å². The van der Waals surface area contributed by atoms with Crippen LogP contribution in [0.3, 0.4) is 0 Å². The Labute approximate surface area is 159 Å². The van der Waals surface area contributed by atoms with Gasteiger partial charge in [0.2, 0.25) is 0 Å². The summed E-state index contributed by atoms with van der Waals surface area (Å²) in [4.78, 5) is 14.4. The quantitative estimate of drug-likeness (QED) is 0.900. The van der Waals surface area contributed by atoms with Gasteiger partial charge in [-0.05, 0) is 29.2 Å². The second-order valence-corrected chi connectivity index (χ2v) is 7.63. The van der Waals surface area contributed by atoms with Crippen molar-refractivity contribution in [3.63, 3.8) is 0 Å². The summed E-state index contributed by atoms with van der Waals surface area (Å²) >= 11 is 0. The van der Waals surface area contributed by atoms with Gasteiger partial charge in [-0.3, -0.25) is 4.90 Å². The molecule has 0 radical (unpaired) electrons. The van der Waals surface area contributed by atoms with Crippen LogP contribution in [0.5, 0.6) is 0 Å². The van der Waals surface area contributed by atoms with E-state index in [1.54, 1.807) is 12.0 Å². The van der Waals surface area contributed by atoms with Gasteiger partial charge < -0.3 is 14.6 Å². The molecular formula is C22H25NO4. The Morgan fingerprint density at radius 2 is 1.74 bits per heavy atom. The zero-order chi connectivity index (χ0) is 19.0. The van der Waals surface area contributed by atoms with Crippen molar-refractivity contribution in [2.24, 2.45) is 0 Å². The molecule has 2 aliphatic rings. The third-order valence-corrected chi connectivity index (χ3v) is 5.94. The molecule has 1 fully saturated rings. The Hall–Kier alpha value is -2.37. The molecule has 27 heavy (non-hydrogen) atoms. The van der Waals surface area contributed by atoms with Crippen LogP contribution in [0.15, 0.2) is 48.5 Å². The number of fused-ring (bicyclic) bond motifs is 3. The van der Waals surface area contributed by atoms with Crippen LogP contribution in [-0.4, -0.2) is 54.6 Å². The third kappa shape index (κ3) is 3.01. The molecule has 4 rings (SSSR count). The molecule has 0 aromatic heterocycles. The lowest BCUT2D eigenvalue weighted by atomic mass is 9.98. The van der Waals surface area contributed by atoms with E-state index in [9.17, 15) is 9.90 Å². The van der Waals surface area contributed by atoms with Crippen molar-refractivity contribution < 1.29 is 19.4 Å². The number of hydrogen-bond donors (Lipinski definition) is 1. The number of benzene rings is 2. The van der Waals surface area contributed by atoms with Crippen LogP contribution in [0.25, 0.3) is 11.1 Å². The molecule has 1 aliphatic heterocycles. The molecule has 1 aliphatic carbocycles. The van der Waals surface area contributed by atoms with Crippen LogP contribution in [-0.2, 0) is 9.47 Å². The molecule has 2 atom stereocenters. The standard InChI is InChI=1S/C22H25NO4/c1-22(14-24)11-15(26-2)12-23(22)21(25)27-13-20-18-9-5-3-7-16(18)17-8-4-6-10-19(17)20/h3-10,15,20,24H,11-14H2,1-2H3. The Morgan fingerprint density at radius 3 is 2.30 bits per heavy atom. The summed E-state index contributed by atoms with van der Waals surface area (Å²) in [6, 6.07) is 16.5. The maximum absolute atomic E-state index is 12.8. The molecule has 5 heteroatoms. The first-order valence-corrected chi connectivity index (χ1v) is 9.33. The van der Waals surface area contributed by atoms with E-state index in [0.29, 0.717) is 13.0 Å². The van der Waals surface area contributed by atoms with Crippen molar-refractivity contribution >= 4 is 6.09 Å². The van der Waals surface area contributed by atoms with Crippen LogP contribution >= 0.6 is 0 Å². The zero-order valence-corrected chi connectivity index (χ0v) is 15.7. The van der Waals surface area contributed by atoms with E-state index in [0.717, 1.165) is 0 Å². The number of ether oxygens (including phenoxy) is 2. The minimum Gasteiger partial charge on any atom is -0.448 e. The van der Waals surface area contributed by atoms with Gasteiger partial charge in [-0.2, -0.15) is 0 Å². The van der Waals surface area contributed by atoms with Crippen LogP contribution in [0.1, 0.15) is 30.4 Å². The second kappa shape index (κ2) is 6.98. The molecule has 1 saturated heterocycles. The number of aliphatic hydroxyl groups is 1. The monoisotopic (exact) mass is 367 g/mol. The number of amides is 1. The number of likely N-dealkylation sites (tertiary alicyclic amines) is 1. The predicted molar refractivity (Wildman–Crippen MR) is 103 cm³/mol. The van der Waals surface area contributed by atoms with Crippen LogP contribution in [0.4, 0.5) is 4.79 Å². The molecule has 0 bridgehead atoms. The number of aliphatic hydroxyl groups excluding tert-OH is 1. The smallest absolute Gasteiger partial charge is 0.410 e. The zero-order valence-electron chi connectivity index (χ0n) is 15.7. The van der Waals surface area contributed by atoms with Crippen molar-refractivity contribution in [2.45, 2.75) is 30.9 Å². The fourth-order valence-electron chi connectivity index (χ4n) is 4.36. The van der Waals surface area contributed by atoms with E-state index in [1.165, 1.54) is 22.3 Å². The van der Waals surface area contributed by atoms with E-state index in [-0.39, 0.29) is 25.2 Å². The largest absolute Gasteiger partial charge is 0.448 e. The Kier molecular flexibility index (Phi) is 4.66. The summed E-state index contributed by atoms with van der Waals surface area (Å²) < 4.78 is 11.1. The fraction of sp³-hybridized carbons (Fsp3) is 0.409. The second-order valence-electron chi connectivity index (χ2n) is 7.63. The topological polar surface area (TPSA) is 59.0 Å². The number of methoxy groups -OCH3 is 1. The number of nitrogens with zero attached hydrogens (tertiary/aromatic N) is 1. The highest BCUT2D eigenvalue weighted by Crippen LogP contribution is 2.44. The first-order chi connectivity index (χ1) is 13.1. The normalized spacial score (nSPS) is 24.0. The molecule has 0 spiro atoms. The summed E-state index contributed by atoms with van der Waals surface area (Å²) in [5.74, 6) is 0.0301. The summed E-state index contributed by atoms with van der Waals surface area (Å²) in [7, 11) is 1.63. The summed E-state index contributed by atoms with van der Waals surface area (Å²) in [5, 5.41) is 9.79. The lowest BCUT2D eigenvalue weighted by Crippen LogP contribution is -2.48. The van der Waals surface area contributed by atoms with Crippen molar-refractivity contribution in [2.75, 3.05) is 26.9 Å². The molecule has 0 saturated carbocycles. The van der Waals surface area contributed by atoms with E-state index in [4.69, 9.17) is 9.47 Å². The molecule has 1 N–H and O–H groups in total. The molecule has 2 aromatic rings. The first kappa shape index (κ1) is 18.0. The maximum atomic E-state index is 12.8. The van der Waals surface area contributed by atoms with Crippen LogP contribution in [0.2, 0.25) is 0 Å². The summed E-state index contributed by atoms with van der Waals surface area (Å²) in [6.45, 7) is 2.47. The summed E-state index contributed by atoms with van der Waals surface area (Å²) in [6.07, 6.45) is 0.125.